The van der Waals surface area contributed by atoms with E-state index in [0.717, 1.165) is 19.1 Å². The Labute approximate surface area is 86.5 Å². The van der Waals surface area contributed by atoms with Gasteiger partial charge in [-0.15, -0.1) is 0 Å². The highest BCUT2D eigenvalue weighted by atomic mass is 16.3. The van der Waals surface area contributed by atoms with Gasteiger partial charge < -0.3 is 10.4 Å². The Bertz CT molecular complexity index is 169. The van der Waals surface area contributed by atoms with Crippen molar-refractivity contribution in [2.24, 2.45) is 5.92 Å². The van der Waals surface area contributed by atoms with E-state index in [-0.39, 0.29) is 0 Å². The third kappa shape index (κ3) is 2.47. The van der Waals surface area contributed by atoms with E-state index in [1.165, 1.54) is 38.8 Å². The summed E-state index contributed by atoms with van der Waals surface area (Å²) >= 11 is 0. The van der Waals surface area contributed by atoms with Gasteiger partial charge in [-0.1, -0.05) is 0 Å². The first-order valence-electron chi connectivity index (χ1n) is 5.96. The van der Waals surface area contributed by atoms with Crippen LogP contribution >= 0.6 is 0 Å². The second kappa shape index (κ2) is 5.10. The maximum absolute atomic E-state index is 9.16. The molecule has 82 valence electrons. The Morgan fingerprint density at radius 2 is 2.21 bits per heavy atom. The van der Waals surface area contributed by atoms with Crippen molar-refractivity contribution >= 4 is 0 Å². The van der Waals surface area contributed by atoms with Gasteiger partial charge in [0.25, 0.3) is 0 Å². The van der Waals surface area contributed by atoms with E-state index in [0.29, 0.717) is 12.5 Å². The van der Waals surface area contributed by atoms with E-state index in [4.69, 9.17) is 5.11 Å². The van der Waals surface area contributed by atoms with E-state index in [1.54, 1.807) is 0 Å². The summed E-state index contributed by atoms with van der Waals surface area (Å²) in [6, 6.07) is 0.734. The lowest BCUT2D eigenvalue weighted by molar-refractivity contribution is 0.0773. The molecule has 0 radical (unpaired) electrons. The predicted molar refractivity (Wildman–Crippen MR) is 57.3 cm³/mol. The Morgan fingerprint density at radius 1 is 1.29 bits per heavy atom. The number of nitrogens with one attached hydrogen (secondary N) is 1. The van der Waals surface area contributed by atoms with Crippen LogP contribution in [0.1, 0.15) is 25.7 Å². The standard InChI is InChI=1S/C11H22N2O/c14-9-10-3-2-6-13(8-10)11-4-1-5-12-7-11/h10-12,14H,1-9H2. The van der Waals surface area contributed by atoms with Crippen LogP contribution in [0, 0.1) is 5.92 Å². The highest BCUT2D eigenvalue weighted by Gasteiger charge is 2.26. The zero-order chi connectivity index (χ0) is 9.80. The van der Waals surface area contributed by atoms with Gasteiger partial charge in [-0.2, -0.15) is 0 Å². The first kappa shape index (κ1) is 10.4. The Morgan fingerprint density at radius 3 is 2.93 bits per heavy atom. The molecule has 0 aliphatic carbocycles. The van der Waals surface area contributed by atoms with Crippen LogP contribution in [0.4, 0.5) is 0 Å². The van der Waals surface area contributed by atoms with Crippen LogP contribution in [0.5, 0.6) is 0 Å². The smallest absolute Gasteiger partial charge is 0.0471 e. The van der Waals surface area contributed by atoms with Gasteiger partial charge in [0.05, 0.1) is 0 Å². The van der Waals surface area contributed by atoms with Crippen molar-refractivity contribution in [3.63, 3.8) is 0 Å². The molecular formula is C11H22N2O. The summed E-state index contributed by atoms with van der Waals surface area (Å²) in [4.78, 5) is 2.58. The minimum atomic E-state index is 0.372. The summed E-state index contributed by atoms with van der Waals surface area (Å²) in [5.74, 6) is 0.533. The molecule has 0 amide bonds. The molecule has 2 N–H and O–H groups in total. The fourth-order valence-corrected chi connectivity index (χ4v) is 2.72. The van der Waals surface area contributed by atoms with Gasteiger partial charge in [-0.3, -0.25) is 4.90 Å². The summed E-state index contributed by atoms with van der Waals surface area (Å²) in [7, 11) is 0. The highest BCUT2D eigenvalue weighted by molar-refractivity contribution is 4.82. The molecule has 3 nitrogen and oxygen atoms in total. The first-order chi connectivity index (χ1) is 6.90. The molecule has 3 heteroatoms. The molecule has 14 heavy (non-hydrogen) atoms. The lowest BCUT2D eigenvalue weighted by Crippen LogP contribution is -2.50. The van der Waals surface area contributed by atoms with E-state index in [1.807, 2.05) is 0 Å². The number of hydrogen-bond donors (Lipinski definition) is 2. The van der Waals surface area contributed by atoms with Crippen molar-refractivity contribution < 1.29 is 5.11 Å². The van der Waals surface area contributed by atoms with Gasteiger partial charge >= 0.3 is 0 Å². The normalized spacial score (nSPS) is 35.8. The van der Waals surface area contributed by atoms with Gasteiger partial charge in [0.1, 0.15) is 0 Å². The van der Waals surface area contributed by atoms with E-state index >= 15 is 0 Å². The second-order valence-corrected chi connectivity index (χ2v) is 4.69. The number of hydrogen-bond acceptors (Lipinski definition) is 3. The van der Waals surface area contributed by atoms with Crippen LogP contribution in [-0.4, -0.2) is 48.8 Å². The van der Waals surface area contributed by atoms with Crippen molar-refractivity contribution in [1.29, 1.82) is 0 Å². The summed E-state index contributed by atoms with van der Waals surface area (Å²) < 4.78 is 0. The van der Waals surface area contributed by atoms with Crippen molar-refractivity contribution in [2.75, 3.05) is 32.8 Å². The molecule has 2 heterocycles. The van der Waals surface area contributed by atoms with Crippen molar-refractivity contribution in [3.8, 4) is 0 Å². The van der Waals surface area contributed by atoms with E-state index in [9.17, 15) is 0 Å². The highest BCUT2D eigenvalue weighted by Crippen LogP contribution is 2.20. The number of rotatable bonds is 2. The number of aliphatic hydroxyl groups excluding tert-OH is 1. The van der Waals surface area contributed by atoms with Crippen molar-refractivity contribution in [1.82, 2.24) is 10.2 Å². The molecule has 2 unspecified atom stereocenters. The molecule has 2 aliphatic heterocycles. The average molecular weight is 198 g/mol. The molecule has 0 aromatic heterocycles. The molecule has 0 spiro atoms. The fraction of sp³-hybridized carbons (Fsp3) is 1.00. The van der Waals surface area contributed by atoms with Crippen LogP contribution < -0.4 is 5.32 Å². The molecule has 0 bridgehead atoms. The van der Waals surface area contributed by atoms with Gasteiger partial charge in [0, 0.05) is 25.7 Å². The van der Waals surface area contributed by atoms with Gasteiger partial charge in [-0.25, -0.2) is 0 Å². The molecular weight excluding hydrogens is 176 g/mol. The third-order valence-electron chi connectivity index (χ3n) is 3.60. The second-order valence-electron chi connectivity index (χ2n) is 4.69. The fourth-order valence-electron chi connectivity index (χ4n) is 2.72. The maximum Gasteiger partial charge on any atom is 0.0471 e. The van der Waals surface area contributed by atoms with E-state index in [2.05, 4.69) is 10.2 Å². The molecule has 2 saturated heterocycles. The molecule has 0 aromatic carbocycles. The summed E-state index contributed by atoms with van der Waals surface area (Å²) in [5, 5.41) is 12.6. The van der Waals surface area contributed by atoms with Crippen LogP contribution in [0.25, 0.3) is 0 Å². The monoisotopic (exact) mass is 198 g/mol. The number of piperidine rings is 2. The molecule has 2 atom stereocenters. The largest absolute Gasteiger partial charge is 0.396 e. The number of nitrogens with zero attached hydrogens (tertiary/aromatic N) is 1. The Hall–Kier alpha value is -0.120. The van der Waals surface area contributed by atoms with Gasteiger partial charge in [-0.05, 0) is 44.7 Å². The molecule has 2 fully saturated rings. The lowest BCUT2D eigenvalue weighted by atomic mass is 9.95. The SMILES string of the molecule is OCC1CCCN(C2CCCNC2)C1. The van der Waals surface area contributed by atoms with E-state index < -0.39 is 0 Å². The molecule has 2 rings (SSSR count). The minimum absolute atomic E-state index is 0.372. The topological polar surface area (TPSA) is 35.5 Å². The third-order valence-corrected chi connectivity index (χ3v) is 3.60. The first-order valence-corrected chi connectivity index (χ1v) is 5.96. The van der Waals surface area contributed by atoms with Crippen molar-refractivity contribution in [2.45, 2.75) is 31.7 Å². The zero-order valence-corrected chi connectivity index (χ0v) is 8.91. The van der Waals surface area contributed by atoms with Crippen molar-refractivity contribution in [3.05, 3.63) is 0 Å². The zero-order valence-electron chi connectivity index (χ0n) is 8.91. The average Bonchev–Trinajstić information content (AvgIpc) is 2.30. The lowest BCUT2D eigenvalue weighted by Gasteiger charge is -2.39. The summed E-state index contributed by atoms with van der Waals surface area (Å²) in [6.45, 7) is 5.06. The van der Waals surface area contributed by atoms with Crippen LogP contribution in [0.2, 0.25) is 0 Å². The number of aliphatic hydroxyl groups is 1. The van der Waals surface area contributed by atoms with Crippen LogP contribution in [-0.2, 0) is 0 Å². The molecule has 2 aliphatic rings. The summed E-state index contributed by atoms with van der Waals surface area (Å²) in [6.07, 6.45) is 5.13. The molecule has 0 aromatic rings. The van der Waals surface area contributed by atoms with Crippen LogP contribution in [0.15, 0.2) is 0 Å². The number of likely N-dealkylation sites (tertiary alicyclic amines) is 1. The Kier molecular flexibility index (Phi) is 3.79. The maximum atomic E-state index is 9.16. The minimum Gasteiger partial charge on any atom is -0.396 e. The quantitative estimate of drug-likeness (QED) is 0.676. The van der Waals surface area contributed by atoms with Crippen LogP contribution in [0.3, 0.4) is 0 Å². The van der Waals surface area contributed by atoms with Gasteiger partial charge in [0.2, 0.25) is 0 Å². The summed E-state index contributed by atoms with van der Waals surface area (Å²) in [5.41, 5.74) is 0. The predicted octanol–water partition coefficient (Wildman–Crippen LogP) is 0.443. The van der Waals surface area contributed by atoms with Gasteiger partial charge in [0.15, 0.2) is 0 Å². The Balaban J connectivity index is 1.83. The molecule has 0 saturated carbocycles.